The lowest BCUT2D eigenvalue weighted by atomic mass is 9.86. The molecule has 0 aliphatic carbocycles. The largest absolute Gasteiger partial charge is 0.0587 e. The van der Waals surface area contributed by atoms with Gasteiger partial charge >= 0.3 is 0 Å². The number of hydrogen-bond donors (Lipinski definition) is 0. The summed E-state index contributed by atoms with van der Waals surface area (Å²) in [6.07, 6.45) is 2.23. The Morgan fingerprint density at radius 3 is 1.52 bits per heavy atom. The number of benzene rings is 2. The topological polar surface area (TPSA) is 0 Å². The van der Waals surface area contributed by atoms with Crippen molar-refractivity contribution in [2.45, 2.75) is 58.8 Å². The zero-order valence-electron chi connectivity index (χ0n) is 14.1. The molecule has 0 saturated carbocycles. The molecule has 0 fully saturated rings. The van der Waals surface area contributed by atoms with E-state index in [1.807, 2.05) is 0 Å². The fourth-order valence-corrected chi connectivity index (χ4v) is 2.53. The molecule has 0 aliphatic rings. The van der Waals surface area contributed by atoms with Crippen LogP contribution in [0, 0.1) is 0 Å². The molecule has 0 amide bonds. The first kappa shape index (κ1) is 15.8. The summed E-state index contributed by atoms with van der Waals surface area (Å²) in [7, 11) is 0. The van der Waals surface area contributed by atoms with Gasteiger partial charge in [0.25, 0.3) is 0 Å². The Morgan fingerprint density at radius 2 is 1.14 bits per heavy atom. The van der Waals surface area contributed by atoms with E-state index in [-0.39, 0.29) is 5.41 Å². The van der Waals surface area contributed by atoms with Gasteiger partial charge in [0.1, 0.15) is 0 Å². The first-order chi connectivity index (χ1) is 9.86. The summed E-state index contributed by atoms with van der Waals surface area (Å²) >= 11 is 0. The maximum atomic E-state index is 2.28. The Morgan fingerprint density at radius 1 is 0.714 bits per heavy atom. The smallest absolute Gasteiger partial charge is 0.0132 e. The maximum Gasteiger partial charge on any atom is -0.0132 e. The molecule has 0 bridgehead atoms. The van der Waals surface area contributed by atoms with Gasteiger partial charge in [0.15, 0.2) is 0 Å². The van der Waals surface area contributed by atoms with Gasteiger partial charge in [-0.25, -0.2) is 0 Å². The van der Waals surface area contributed by atoms with Gasteiger partial charge in [-0.3, -0.25) is 0 Å². The third-order valence-corrected chi connectivity index (χ3v) is 4.17. The molecule has 2 aromatic carbocycles. The van der Waals surface area contributed by atoms with Crippen molar-refractivity contribution in [3.8, 4) is 0 Å². The molecule has 0 aliphatic heterocycles. The minimum atomic E-state index is 0.241. The zero-order valence-corrected chi connectivity index (χ0v) is 14.1. The molecule has 0 saturated heterocycles. The predicted octanol–water partition coefficient (Wildman–Crippen LogP) is 5.89. The van der Waals surface area contributed by atoms with Crippen LogP contribution in [0.4, 0.5) is 0 Å². The molecule has 0 nitrogen and oxygen atoms in total. The second kappa shape index (κ2) is 6.47. The van der Waals surface area contributed by atoms with E-state index in [2.05, 4.69) is 83.1 Å². The van der Waals surface area contributed by atoms with Crippen molar-refractivity contribution in [3.05, 3.63) is 70.8 Å². The molecule has 0 unspecified atom stereocenters. The standard InChI is InChI=1S/C21H28/c1-16(2)19-12-8-17(9-13-19)6-7-18-10-14-20(15-11-18)21(3,4)5/h8-16H,6-7H2,1-5H3. The summed E-state index contributed by atoms with van der Waals surface area (Å²) in [5.41, 5.74) is 5.93. The van der Waals surface area contributed by atoms with Gasteiger partial charge in [0.05, 0.1) is 0 Å². The average molecular weight is 280 g/mol. The van der Waals surface area contributed by atoms with Crippen molar-refractivity contribution in [1.29, 1.82) is 0 Å². The monoisotopic (exact) mass is 280 g/mol. The van der Waals surface area contributed by atoms with Crippen molar-refractivity contribution in [1.82, 2.24) is 0 Å². The van der Waals surface area contributed by atoms with Gasteiger partial charge in [-0.1, -0.05) is 83.1 Å². The van der Waals surface area contributed by atoms with E-state index in [1.165, 1.54) is 22.3 Å². The molecule has 112 valence electrons. The quantitative estimate of drug-likeness (QED) is 0.654. The van der Waals surface area contributed by atoms with Crippen LogP contribution in [-0.4, -0.2) is 0 Å². The molecule has 0 atom stereocenters. The van der Waals surface area contributed by atoms with E-state index >= 15 is 0 Å². The van der Waals surface area contributed by atoms with Crippen LogP contribution in [0.5, 0.6) is 0 Å². The third kappa shape index (κ3) is 4.46. The third-order valence-electron chi connectivity index (χ3n) is 4.17. The van der Waals surface area contributed by atoms with E-state index in [1.54, 1.807) is 0 Å². The molecule has 0 heterocycles. The molecule has 21 heavy (non-hydrogen) atoms. The van der Waals surface area contributed by atoms with Gasteiger partial charge < -0.3 is 0 Å². The van der Waals surface area contributed by atoms with Gasteiger partial charge in [-0.2, -0.15) is 0 Å². The molecular formula is C21H28. The Hall–Kier alpha value is -1.56. The van der Waals surface area contributed by atoms with Crippen molar-refractivity contribution >= 4 is 0 Å². The van der Waals surface area contributed by atoms with E-state index in [4.69, 9.17) is 0 Å². The molecule has 0 heteroatoms. The highest BCUT2D eigenvalue weighted by Crippen LogP contribution is 2.22. The number of hydrogen-bond acceptors (Lipinski definition) is 0. The van der Waals surface area contributed by atoms with Crippen LogP contribution in [-0.2, 0) is 18.3 Å². The lowest BCUT2D eigenvalue weighted by molar-refractivity contribution is 0.590. The average Bonchev–Trinajstić information content (AvgIpc) is 2.45. The summed E-state index contributed by atoms with van der Waals surface area (Å²) in [6, 6.07) is 18.2. The van der Waals surface area contributed by atoms with E-state index in [0.29, 0.717) is 5.92 Å². The second-order valence-electron chi connectivity index (χ2n) is 7.34. The first-order valence-corrected chi connectivity index (χ1v) is 8.04. The van der Waals surface area contributed by atoms with Gasteiger partial charge in [-0.05, 0) is 46.4 Å². The SMILES string of the molecule is CC(C)c1ccc(CCc2ccc(C(C)(C)C)cc2)cc1. The fraction of sp³-hybridized carbons (Fsp3) is 0.429. The highest BCUT2D eigenvalue weighted by Gasteiger charge is 2.12. The van der Waals surface area contributed by atoms with E-state index < -0.39 is 0 Å². The van der Waals surface area contributed by atoms with Crippen LogP contribution in [0.2, 0.25) is 0 Å². The van der Waals surface area contributed by atoms with Crippen LogP contribution in [0.3, 0.4) is 0 Å². The summed E-state index contributed by atoms with van der Waals surface area (Å²) in [6.45, 7) is 11.3. The molecule has 0 aromatic heterocycles. The predicted molar refractivity (Wildman–Crippen MR) is 93.1 cm³/mol. The Balaban J connectivity index is 1.96. The minimum Gasteiger partial charge on any atom is -0.0587 e. The summed E-state index contributed by atoms with van der Waals surface area (Å²) in [4.78, 5) is 0. The molecule has 0 N–H and O–H groups in total. The van der Waals surface area contributed by atoms with Crippen molar-refractivity contribution in [3.63, 3.8) is 0 Å². The molecule has 0 spiro atoms. The van der Waals surface area contributed by atoms with Gasteiger partial charge in [-0.15, -0.1) is 0 Å². The first-order valence-electron chi connectivity index (χ1n) is 8.04. The minimum absolute atomic E-state index is 0.241. The summed E-state index contributed by atoms with van der Waals surface area (Å²) in [5, 5.41) is 0. The Kier molecular flexibility index (Phi) is 4.88. The van der Waals surface area contributed by atoms with Crippen LogP contribution < -0.4 is 0 Å². The highest BCUT2D eigenvalue weighted by atomic mass is 14.2. The Bertz CT molecular complexity index is 550. The highest BCUT2D eigenvalue weighted by molar-refractivity contribution is 5.29. The lowest BCUT2D eigenvalue weighted by Gasteiger charge is -2.19. The van der Waals surface area contributed by atoms with Crippen LogP contribution >= 0.6 is 0 Å². The normalized spacial score (nSPS) is 11.9. The maximum absolute atomic E-state index is 2.28. The summed E-state index contributed by atoms with van der Waals surface area (Å²) < 4.78 is 0. The number of aryl methyl sites for hydroxylation is 2. The van der Waals surface area contributed by atoms with Crippen LogP contribution in [0.1, 0.15) is 62.8 Å². The molecule has 2 aromatic rings. The summed E-state index contributed by atoms with van der Waals surface area (Å²) in [5.74, 6) is 0.615. The van der Waals surface area contributed by atoms with Gasteiger partial charge in [0.2, 0.25) is 0 Å². The van der Waals surface area contributed by atoms with Crippen molar-refractivity contribution < 1.29 is 0 Å². The van der Waals surface area contributed by atoms with Gasteiger partial charge in [0, 0.05) is 0 Å². The fourth-order valence-electron chi connectivity index (χ4n) is 2.53. The molecule has 2 rings (SSSR count). The lowest BCUT2D eigenvalue weighted by Crippen LogP contribution is -2.10. The van der Waals surface area contributed by atoms with Crippen molar-refractivity contribution in [2.24, 2.45) is 0 Å². The second-order valence-corrected chi connectivity index (χ2v) is 7.34. The molecular weight excluding hydrogens is 252 g/mol. The van der Waals surface area contributed by atoms with Crippen LogP contribution in [0.25, 0.3) is 0 Å². The number of rotatable bonds is 4. The zero-order chi connectivity index (χ0) is 15.5. The van der Waals surface area contributed by atoms with E-state index in [9.17, 15) is 0 Å². The van der Waals surface area contributed by atoms with E-state index in [0.717, 1.165) is 12.8 Å². The Labute approximate surface area is 130 Å². The molecule has 0 radical (unpaired) electrons. The van der Waals surface area contributed by atoms with Crippen molar-refractivity contribution in [2.75, 3.05) is 0 Å². The van der Waals surface area contributed by atoms with Crippen LogP contribution in [0.15, 0.2) is 48.5 Å².